The van der Waals surface area contributed by atoms with Crippen molar-refractivity contribution >= 4 is 17.5 Å². The Morgan fingerprint density at radius 3 is 3.00 bits per heavy atom. The smallest absolute Gasteiger partial charge is 0.339 e. The van der Waals surface area contributed by atoms with Gasteiger partial charge in [-0.1, -0.05) is 0 Å². The maximum atomic E-state index is 11.1. The van der Waals surface area contributed by atoms with E-state index >= 15 is 0 Å². The number of hydrogen-bond donors (Lipinski definition) is 3. The molecular weight excluding hydrogens is 234 g/mol. The summed E-state index contributed by atoms with van der Waals surface area (Å²) >= 11 is 0. The maximum Gasteiger partial charge on any atom is 0.339 e. The Morgan fingerprint density at radius 2 is 2.39 bits per heavy atom. The zero-order valence-corrected chi connectivity index (χ0v) is 10.2. The molecule has 0 unspecified atom stereocenters. The van der Waals surface area contributed by atoms with E-state index in [2.05, 4.69) is 10.3 Å². The molecule has 1 aliphatic rings. The lowest BCUT2D eigenvalue weighted by Crippen LogP contribution is -2.41. The Balaban J connectivity index is 2.00. The van der Waals surface area contributed by atoms with Gasteiger partial charge in [0, 0.05) is 12.6 Å². The van der Waals surface area contributed by atoms with Gasteiger partial charge in [-0.3, -0.25) is 0 Å². The van der Waals surface area contributed by atoms with Crippen molar-refractivity contribution in [2.75, 3.05) is 17.7 Å². The Kier molecular flexibility index (Phi) is 3.66. The van der Waals surface area contributed by atoms with E-state index in [0.717, 1.165) is 12.8 Å². The minimum absolute atomic E-state index is 0.106. The van der Waals surface area contributed by atoms with Crippen LogP contribution in [0.15, 0.2) is 12.3 Å². The zero-order chi connectivity index (χ0) is 13.1. The topological polar surface area (TPSA) is 97.5 Å². The number of pyridine rings is 1. The summed E-state index contributed by atoms with van der Waals surface area (Å²) in [6, 6.07) is 1.63. The average Bonchev–Trinajstić information content (AvgIpc) is 2.28. The van der Waals surface area contributed by atoms with Gasteiger partial charge in [-0.25, -0.2) is 9.78 Å². The van der Waals surface area contributed by atoms with Gasteiger partial charge in [-0.2, -0.15) is 0 Å². The number of carboxylic acids is 1. The number of aromatic nitrogens is 1. The second-order valence-electron chi connectivity index (χ2n) is 4.36. The number of hydrogen-bond acceptors (Lipinski definition) is 5. The van der Waals surface area contributed by atoms with Crippen LogP contribution in [0.25, 0.3) is 0 Å². The standard InChI is InChI=1S/C12H17N3O3/c1-2-18-9-4-8(5-9)15-11-10(12(16)17)3-7(13)6-14-11/h3,6,8-9H,2,4-5,13H2,1H3,(H,14,15)(H,16,17). The number of anilines is 2. The first-order valence-corrected chi connectivity index (χ1v) is 5.97. The van der Waals surface area contributed by atoms with E-state index < -0.39 is 5.97 Å². The molecule has 1 aromatic rings. The van der Waals surface area contributed by atoms with Crippen molar-refractivity contribution in [3.05, 3.63) is 17.8 Å². The molecule has 0 bridgehead atoms. The van der Waals surface area contributed by atoms with Gasteiger partial charge >= 0.3 is 5.97 Å². The summed E-state index contributed by atoms with van der Waals surface area (Å²) in [4.78, 5) is 15.1. The molecule has 0 amide bonds. The fraction of sp³-hybridized carbons (Fsp3) is 0.500. The number of nitrogens with one attached hydrogen (secondary N) is 1. The number of nitrogens with zero attached hydrogens (tertiary/aromatic N) is 1. The molecule has 1 heterocycles. The highest BCUT2D eigenvalue weighted by Gasteiger charge is 2.30. The molecule has 0 saturated heterocycles. The molecule has 4 N–H and O–H groups in total. The van der Waals surface area contributed by atoms with Crippen molar-refractivity contribution in [1.29, 1.82) is 0 Å². The molecule has 1 aromatic heterocycles. The van der Waals surface area contributed by atoms with Gasteiger partial charge in [-0.05, 0) is 25.8 Å². The summed E-state index contributed by atoms with van der Waals surface area (Å²) in [5, 5.41) is 12.2. The second kappa shape index (κ2) is 5.22. The van der Waals surface area contributed by atoms with Crippen LogP contribution in [0, 0.1) is 0 Å². The number of ether oxygens (including phenoxy) is 1. The van der Waals surface area contributed by atoms with E-state index in [1.807, 2.05) is 6.92 Å². The van der Waals surface area contributed by atoms with Gasteiger partial charge < -0.3 is 20.9 Å². The third-order valence-electron chi connectivity index (χ3n) is 2.98. The molecular formula is C12H17N3O3. The zero-order valence-electron chi connectivity index (χ0n) is 10.2. The number of aromatic carboxylic acids is 1. The van der Waals surface area contributed by atoms with Crippen molar-refractivity contribution in [2.24, 2.45) is 0 Å². The SMILES string of the molecule is CCOC1CC(Nc2ncc(N)cc2C(=O)O)C1. The van der Waals surface area contributed by atoms with Crippen molar-refractivity contribution < 1.29 is 14.6 Å². The van der Waals surface area contributed by atoms with E-state index in [9.17, 15) is 4.79 Å². The number of nitrogens with two attached hydrogens (primary N) is 1. The minimum Gasteiger partial charge on any atom is -0.478 e. The van der Waals surface area contributed by atoms with Crippen LogP contribution < -0.4 is 11.1 Å². The van der Waals surface area contributed by atoms with Crippen molar-refractivity contribution in [3.8, 4) is 0 Å². The lowest BCUT2D eigenvalue weighted by Gasteiger charge is -2.35. The number of carbonyl (C=O) groups is 1. The third kappa shape index (κ3) is 2.70. The van der Waals surface area contributed by atoms with Crippen LogP contribution in [0.5, 0.6) is 0 Å². The van der Waals surface area contributed by atoms with Crippen LogP contribution >= 0.6 is 0 Å². The summed E-state index contributed by atoms with van der Waals surface area (Å²) < 4.78 is 5.45. The maximum absolute atomic E-state index is 11.1. The average molecular weight is 251 g/mol. The lowest BCUT2D eigenvalue weighted by molar-refractivity contribution is 0.00291. The predicted octanol–water partition coefficient (Wildman–Crippen LogP) is 1.34. The monoisotopic (exact) mass is 251 g/mol. The van der Waals surface area contributed by atoms with Gasteiger partial charge in [0.05, 0.1) is 18.0 Å². The number of carboxylic acid groups (broad SMARTS) is 1. The molecule has 1 aliphatic carbocycles. The largest absolute Gasteiger partial charge is 0.478 e. The van der Waals surface area contributed by atoms with Gasteiger partial charge in [0.15, 0.2) is 0 Å². The summed E-state index contributed by atoms with van der Waals surface area (Å²) in [6.45, 7) is 2.67. The summed E-state index contributed by atoms with van der Waals surface area (Å²) in [7, 11) is 0. The lowest BCUT2D eigenvalue weighted by atomic mass is 9.89. The van der Waals surface area contributed by atoms with E-state index in [0.29, 0.717) is 18.1 Å². The molecule has 18 heavy (non-hydrogen) atoms. The summed E-state index contributed by atoms with van der Waals surface area (Å²) in [6.07, 6.45) is 3.47. The number of nitrogen functional groups attached to an aromatic ring is 1. The Hall–Kier alpha value is -1.82. The Bertz CT molecular complexity index is 444. The fourth-order valence-corrected chi connectivity index (χ4v) is 2.01. The quantitative estimate of drug-likeness (QED) is 0.730. The molecule has 2 rings (SSSR count). The molecule has 6 nitrogen and oxygen atoms in total. The number of rotatable bonds is 5. The summed E-state index contributed by atoms with van der Waals surface area (Å²) in [5.74, 6) is -0.658. The van der Waals surface area contributed by atoms with Gasteiger partial charge in [0.2, 0.25) is 0 Å². The molecule has 6 heteroatoms. The van der Waals surface area contributed by atoms with Crippen molar-refractivity contribution in [3.63, 3.8) is 0 Å². The van der Waals surface area contributed by atoms with Gasteiger partial charge in [0.1, 0.15) is 11.4 Å². The van der Waals surface area contributed by atoms with E-state index in [4.69, 9.17) is 15.6 Å². The molecule has 0 radical (unpaired) electrons. The van der Waals surface area contributed by atoms with Crippen molar-refractivity contribution in [1.82, 2.24) is 4.98 Å². The van der Waals surface area contributed by atoms with Gasteiger partial charge in [0.25, 0.3) is 0 Å². The Labute approximate surface area is 105 Å². The van der Waals surface area contributed by atoms with E-state index in [1.165, 1.54) is 12.3 Å². The predicted molar refractivity (Wildman–Crippen MR) is 67.7 cm³/mol. The first-order valence-electron chi connectivity index (χ1n) is 5.97. The van der Waals surface area contributed by atoms with E-state index in [-0.39, 0.29) is 17.7 Å². The van der Waals surface area contributed by atoms with Crippen LogP contribution in [0.1, 0.15) is 30.1 Å². The normalized spacial score (nSPS) is 22.3. The first-order chi connectivity index (χ1) is 8.60. The fourth-order valence-electron chi connectivity index (χ4n) is 2.01. The molecule has 0 aromatic carbocycles. The highest BCUT2D eigenvalue weighted by Crippen LogP contribution is 2.27. The third-order valence-corrected chi connectivity index (χ3v) is 2.98. The van der Waals surface area contributed by atoms with Gasteiger partial charge in [-0.15, -0.1) is 0 Å². The second-order valence-corrected chi connectivity index (χ2v) is 4.36. The molecule has 0 aliphatic heterocycles. The van der Waals surface area contributed by atoms with Crippen LogP contribution in [-0.4, -0.2) is 34.8 Å². The van der Waals surface area contributed by atoms with Crippen LogP contribution in [-0.2, 0) is 4.74 Å². The highest BCUT2D eigenvalue weighted by molar-refractivity contribution is 5.94. The molecule has 98 valence electrons. The minimum atomic E-state index is -1.03. The van der Waals surface area contributed by atoms with E-state index in [1.54, 1.807) is 0 Å². The Morgan fingerprint density at radius 1 is 1.67 bits per heavy atom. The first kappa shape index (κ1) is 12.6. The van der Waals surface area contributed by atoms with Crippen molar-refractivity contribution in [2.45, 2.75) is 31.9 Å². The van der Waals surface area contributed by atoms with Crippen LogP contribution in [0.3, 0.4) is 0 Å². The molecule has 0 atom stereocenters. The molecule has 1 fully saturated rings. The highest BCUT2D eigenvalue weighted by atomic mass is 16.5. The van der Waals surface area contributed by atoms with Crippen LogP contribution in [0.4, 0.5) is 11.5 Å². The molecule has 0 spiro atoms. The van der Waals surface area contributed by atoms with Crippen LogP contribution in [0.2, 0.25) is 0 Å². The summed E-state index contributed by atoms with van der Waals surface area (Å²) in [5.41, 5.74) is 5.98. The molecule has 1 saturated carbocycles.